The Morgan fingerprint density at radius 1 is 1.38 bits per heavy atom. The molecule has 1 amide bonds. The molecule has 1 aliphatic heterocycles. The third-order valence-electron chi connectivity index (χ3n) is 3.76. The maximum atomic E-state index is 12.2. The molecule has 0 aromatic carbocycles. The molecule has 2 heterocycles. The second-order valence-electron chi connectivity index (χ2n) is 7.11. The molecule has 1 aromatic heterocycles. The summed E-state index contributed by atoms with van der Waals surface area (Å²) in [5.41, 5.74) is -0.448. The van der Waals surface area contributed by atoms with Crippen LogP contribution in [0.3, 0.4) is 0 Å². The highest BCUT2D eigenvalue weighted by atomic mass is 35.5. The first kappa shape index (κ1) is 18.8. The molecule has 0 bridgehead atoms. The van der Waals surface area contributed by atoms with E-state index in [-0.39, 0.29) is 6.09 Å². The Labute approximate surface area is 148 Å². The Hall–Kier alpha value is -1.56. The smallest absolute Gasteiger partial charge is 0.410 e. The van der Waals surface area contributed by atoms with Crippen LogP contribution in [0.4, 0.5) is 4.79 Å². The molecule has 2 rings (SSSR count). The minimum atomic E-state index is -0.448. The predicted octanol–water partition coefficient (Wildman–Crippen LogP) is 3.94. The van der Waals surface area contributed by atoms with Crippen molar-refractivity contribution in [2.75, 3.05) is 19.7 Å². The summed E-state index contributed by atoms with van der Waals surface area (Å²) in [5, 5.41) is 0.492. The molecule has 0 radical (unpaired) electrons. The van der Waals surface area contributed by atoms with Gasteiger partial charge in [0.1, 0.15) is 5.60 Å². The summed E-state index contributed by atoms with van der Waals surface area (Å²) in [6, 6.07) is 0.346. The topological polar surface area (TPSA) is 64.5 Å². The molecule has 134 valence electrons. The molecule has 7 heteroatoms. The number of carbonyl (C=O) groups is 1. The molecule has 1 aromatic rings. The number of hydrogen-bond acceptors (Lipinski definition) is 5. The van der Waals surface area contributed by atoms with Crippen LogP contribution in [-0.2, 0) is 4.74 Å². The summed E-state index contributed by atoms with van der Waals surface area (Å²) in [6.07, 6.45) is 6.89. The van der Waals surface area contributed by atoms with Gasteiger partial charge in [0.2, 0.25) is 0 Å². The summed E-state index contributed by atoms with van der Waals surface area (Å²) in [7, 11) is 0. The first-order valence-electron chi connectivity index (χ1n) is 8.42. The van der Waals surface area contributed by atoms with Gasteiger partial charge in [0, 0.05) is 13.1 Å². The molecule has 1 atom stereocenters. The van der Waals surface area contributed by atoms with E-state index in [1.54, 1.807) is 0 Å². The molecular weight excluding hydrogens is 330 g/mol. The van der Waals surface area contributed by atoms with Crippen LogP contribution in [0.5, 0.6) is 6.01 Å². The van der Waals surface area contributed by atoms with Crippen LogP contribution in [-0.4, -0.2) is 46.3 Å². The van der Waals surface area contributed by atoms with Crippen LogP contribution in [0, 0.1) is 5.92 Å². The molecule has 0 spiro atoms. The van der Waals surface area contributed by atoms with Gasteiger partial charge < -0.3 is 14.4 Å². The number of piperidine rings is 1. The number of amides is 1. The summed E-state index contributed by atoms with van der Waals surface area (Å²) < 4.78 is 11.0. The number of carbonyl (C=O) groups excluding carboxylic acids is 1. The van der Waals surface area contributed by atoms with Crippen molar-refractivity contribution in [3.05, 3.63) is 17.4 Å². The first-order valence-corrected chi connectivity index (χ1v) is 8.79. The van der Waals surface area contributed by atoms with Crippen molar-refractivity contribution in [3.63, 3.8) is 0 Å². The number of ether oxygens (including phenoxy) is 2. The highest BCUT2D eigenvalue weighted by molar-refractivity contribution is 6.30. The van der Waals surface area contributed by atoms with Crippen LogP contribution >= 0.6 is 11.6 Å². The lowest BCUT2D eigenvalue weighted by Crippen LogP contribution is -2.42. The molecule has 24 heavy (non-hydrogen) atoms. The van der Waals surface area contributed by atoms with Gasteiger partial charge in [0.05, 0.1) is 24.0 Å². The van der Waals surface area contributed by atoms with Gasteiger partial charge in [-0.1, -0.05) is 11.6 Å². The fraction of sp³-hybridized carbons (Fsp3) is 0.706. The van der Waals surface area contributed by atoms with Gasteiger partial charge in [0.15, 0.2) is 0 Å². The molecule has 0 N–H and O–H groups in total. The zero-order valence-corrected chi connectivity index (χ0v) is 15.4. The fourth-order valence-corrected chi connectivity index (χ4v) is 2.80. The van der Waals surface area contributed by atoms with Crippen molar-refractivity contribution >= 4 is 17.7 Å². The fourth-order valence-electron chi connectivity index (χ4n) is 2.70. The lowest BCUT2D eigenvalue weighted by atomic mass is 9.94. The highest BCUT2D eigenvalue weighted by Crippen LogP contribution is 2.23. The van der Waals surface area contributed by atoms with Crippen molar-refractivity contribution in [1.82, 2.24) is 14.9 Å². The van der Waals surface area contributed by atoms with Gasteiger partial charge in [0.25, 0.3) is 0 Å². The van der Waals surface area contributed by atoms with E-state index in [2.05, 4.69) is 9.97 Å². The maximum Gasteiger partial charge on any atom is 0.410 e. The van der Waals surface area contributed by atoms with Crippen molar-refractivity contribution in [2.24, 2.45) is 5.92 Å². The van der Waals surface area contributed by atoms with Gasteiger partial charge in [-0.2, -0.15) is 0 Å². The van der Waals surface area contributed by atoms with Gasteiger partial charge in [-0.15, -0.1) is 0 Å². The summed E-state index contributed by atoms with van der Waals surface area (Å²) >= 11 is 5.73. The average molecular weight is 356 g/mol. The van der Waals surface area contributed by atoms with E-state index >= 15 is 0 Å². The van der Waals surface area contributed by atoms with Crippen LogP contribution in [0.15, 0.2) is 12.4 Å². The molecule has 0 saturated carbocycles. The van der Waals surface area contributed by atoms with E-state index < -0.39 is 5.60 Å². The van der Waals surface area contributed by atoms with Crippen molar-refractivity contribution < 1.29 is 14.3 Å². The molecule has 1 aliphatic rings. The van der Waals surface area contributed by atoms with Crippen LogP contribution in [0.1, 0.15) is 46.5 Å². The number of aromatic nitrogens is 2. The van der Waals surface area contributed by atoms with Crippen LogP contribution in [0.25, 0.3) is 0 Å². The van der Waals surface area contributed by atoms with E-state index in [9.17, 15) is 4.79 Å². The largest absolute Gasteiger partial charge is 0.463 e. The van der Waals surface area contributed by atoms with Gasteiger partial charge in [-0.3, -0.25) is 0 Å². The van der Waals surface area contributed by atoms with Crippen LogP contribution < -0.4 is 4.74 Å². The third kappa shape index (κ3) is 6.51. The molecular formula is C17H26ClN3O3. The molecule has 1 fully saturated rings. The number of hydrogen-bond donors (Lipinski definition) is 0. The molecule has 0 aliphatic carbocycles. The maximum absolute atomic E-state index is 12.2. The summed E-state index contributed by atoms with van der Waals surface area (Å²) in [6.45, 7) is 7.77. The Balaban J connectivity index is 1.69. The van der Waals surface area contributed by atoms with Crippen molar-refractivity contribution in [2.45, 2.75) is 52.1 Å². The van der Waals surface area contributed by atoms with Gasteiger partial charge in [-0.05, 0) is 52.4 Å². The minimum Gasteiger partial charge on any atom is -0.463 e. The van der Waals surface area contributed by atoms with Crippen molar-refractivity contribution in [3.8, 4) is 6.01 Å². The minimum absolute atomic E-state index is 0.210. The zero-order chi connectivity index (χ0) is 17.6. The van der Waals surface area contributed by atoms with E-state index in [0.717, 1.165) is 38.8 Å². The normalized spacial score (nSPS) is 18.3. The van der Waals surface area contributed by atoms with Crippen molar-refractivity contribution in [1.29, 1.82) is 0 Å². The molecule has 1 saturated heterocycles. The van der Waals surface area contributed by atoms with E-state index in [1.165, 1.54) is 12.4 Å². The van der Waals surface area contributed by atoms with Crippen LogP contribution in [0.2, 0.25) is 5.02 Å². The van der Waals surface area contributed by atoms with E-state index in [0.29, 0.717) is 23.6 Å². The standard InChI is InChI=1S/C17H26ClN3O3/c1-17(2,3)24-16(22)21-8-4-6-13(12-21)7-5-9-23-15-19-10-14(18)11-20-15/h10-11,13H,4-9,12H2,1-3H3/t13-/m1/s1. The second kappa shape index (κ2) is 8.51. The average Bonchev–Trinajstić information content (AvgIpc) is 2.52. The summed E-state index contributed by atoms with van der Waals surface area (Å²) in [4.78, 5) is 22.0. The second-order valence-corrected chi connectivity index (χ2v) is 7.55. The Morgan fingerprint density at radius 3 is 2.75 bits per heavy atom. The quantitative estimate of drug-likeness (QED) is 0.748. The number of nitrogens with zero attached hydrogens (tertiary/aromatic N) is 3. The Kier molecular flexibility index (Phi) is 6.66. The van der Waals surface area contributed by atoms with Gasteiger partial charge >= 0.3 is 12.1 Å². The summed E-state index contributed by atoms with van der Waals surface area (Å²) in [5.74, 6) is 0.487. The van der Waals surface area contributed by atoms with E-state index in [1.807, 2.05) is 25.7 Å². The number of rotatable bonds is 5. The lowest BCUT2D eigenvalue weighted by Gasteiger charge is -2.34. The number of likely N-dealkylation sites (tertiary alicyclic amines) is 1. The highest BCUT2D eigenvalue weighted by Gasteiger charge is 2.27. The third-order valence-corrected chi connectivity index (χ3v) is 3.95. The molecule has 6 nitrogen and oxygen atoms in total. The monoisotopic (exact) mass is 355 g/mol. The lowest BCUT2D eigenvalue weighted by molar-refractivity contribution is 0.0159. The Bertz CT molecular complexity index is 531. The Morgan fingerprint density at radius 2 is 2.08 bits per heavy atom. The van der Waals surface area contributed by atoms with E-state index in [4.69, 9.17) is 21.1 Å². The number of halogens is 1. The first-order chi connectivity index (χ1) is 11.3. The molecule has 0 unspecified atom stereocenters. The SMILES string of the molecule is CC(C)(C)OC(=O)N1CCC[C@H](CCCOc2ncc(Cl)cn2)C1. The van der Waals surface area contributed by atoms with Gasteiger partial charge in [-0.25, -0.2) is 14.8 Å². The predicted molar refractivity (Wildman–Crippen MR) is 92.3 cm³/mol. The zero-order valence-electron chi connectivity index (χ0n) is 14.6.